The number of anilines is 1. The molecule has 0 saturated heterocycles. The lowest BCUT2D eigenvalue weighted by Crippen LogP contribution is -2.20. The molecule has 98 valence electrons. The number of rotatable bonds is 7. The molecular formula is C13H25N3O. The van der Waals surface area contributed by atoms with E-state index in [1.54, 1.807) is 7.11 Å². The first-order valence-electron chi connectivity index (χ1n) is 6.32. The second-order valence-corrected chi connectivity index (χ2v) is 5.07. The number of ether oxygens (including phenoxy) is 1. The van der Waals surface area contributed by atoms with Crippen LogP contribution in [0, 0.1) is 12.8 Å². The Labute approximate surface area is 104 Å². The van der Waals surface area contributed by atoms with Gasteiger partial charge in [-0.05, 0) is 26.2 Å². The van der Waals surface area contributed by atoms with Crippen molar-refractivity contribution in [3.63, 3.8) is 0 Å². The van der Waals surface area contributed by atoms with E-state index in [2.05, 4.69) is 41.8 Å². The van der Waals surface area contributed by atoms with E-state index in [9.17, 15) is 0 Å². The van der Waals surface area contributed by atoms with Gasteiger partial charge in [-0.3, -0.25) is 0 Å². The Hall–Kier alpha value is -1.03. The summed E-state index contributed by atoms with van der Waals surface area (Å²) in [5.74, 6) is 1.65. The van der Waals surface area contributed by atoms with E-state index < -0.39 is 0 Å². The van der Waals surface area contributed by atoms with Gasteiger partial charge < -0.3 is 14.6 Å². The van der Waals surface area contributed by atoms with Gasteiger partial charge in [0.1, 0.15) is 0 Å². The molecule has 1 N–H and O–H groups in total. The average Bonchev–Trinajstić information content (AvgIpc) is 2.54. The maximum absolute atomic E-state index is 5.10. The van der Waals surface area contributed by atoms with Gasteiger partial charge in [0.25, 0.3) is 0 Å². The normalized spacial score (nSPS) is 13.1. The Morgan fingerprint density at radius 2 is 2.12 bits per heavy atom. The van der Waals surface area contributed by atoms with Gasteiger partial charge in [-0.15, -0.1) is 0 Å². The lowest BCUT2D eigenvalue weighted by molar-refractivity contribution is 0.187. The fourth-order valence-electron chi connectivity index (χ4n) is 2.01. The van der Waals surface area contributed by atoms with Crippen molar-refractivity contribution in [1.82, 2.24) is 9.55 Å². The Bertz CT molecular complexity index is 333. The van der Waals surface area contributed by atoms with Gasteiger partial charge in [0.05, 0.1) is 12.3 Å². The Morgan fingerprint density at radius 3 is 2.71 bits per heavy atom. The van der Waals surface area contributed by atoms with Crippen LogP contribution in [-0.2, 0) is 11.3 Å². The monoisotopic (exact) mass is 239 g/mol. The predicted molar refractivity (Wildman–Crippen MR) is 71.4 cm³/mol. The summed E-state index contributed by atoms with van der Waals surface area (Å²) in [6.07, 6.45) is 3.21. The molecule has 0 aliphatic carbocycles. The van der Waals surface area contributed by atoms with E-state index in [0.717, 1.165) is 24.6 Å². The molecule has 17 heavy (non-hydrogen) atoms. The number of methoxy groups -OCH3 is 1. The largest absolute Gasteiger partial charge is 0.383 e. The molecule has 1 aromatic heterocycles. The van der Waals surface area contributed by atoms with Crippen LogP contribution in [0.4, 0.5) is 5.95 Å². The molecular weight excluding hydrogens is 214 g/mol. The first kappa shape index (κ1) is 14.0. The van der Waals surface area contributed by atoms with Crippen LogP contribution < -0.4 is 5.32 Å². The van der Waals surface area contributed by atoms with Crippen LogP contribution in [0.15, 0.2) is 6.20 Å². The van der Waals surface area contributed by atoms with Gasteiger partial charge in [0.2, 0.25) is 5.95 Å². The van der Waals surface area contributed by atoms with E-state index in [-0.39, 0.29) is 0 Å². The first-order valence-corrected chi connectivity index (χ1v) is 6.32. The van der Waals surface area contributed by atoms with Crippen molar-refractivity contribution >= 4 is 5.95 Å². The van der Waals surface area contributed by atoms with Crippen molar-refractivity contribution in [1.29, 1.82) is 0 Å². The number of imidazole rings is 1. The minimum Gasteiger partial charge on any atom is -0.383 e. The first-order chi connectivity index (χ1) is 8.02. The van der Waals surface area contributed by atoms with Gasteiger partial charge in [0, 0.05) is 25.9 Å². The summed E-state index contributed by atoms with van der Waals surface area (Å²) in [5, 5.41) is 3.47. The summed E-state index contributed by atoms with van der Waals surface area (Å²) >= 11 is 0. The van der Waals surface area contributed by atoms with Crippen molar-refractivity contribution in [3.8, 4) is 0 Å². The third-order valence-electron chi connectivity index (χ3n) is 2.63. The maximum Gasteiger partial charge on any atom is 0.203 e. The molecule has 1 rings (SSSR count). The van der Waals surface area contributed by atoms with Crippen molar-refractivity contribution in [3.05, 3.63) is 11.9 Å². The fraction of sp³-hybridized carbons (Fsp3) is 0.769. The van der Waals surface area contributed by atoms with Crippen LogP contribution in [0.2, 0.25) is 0 Å². The molecule has 0 radical (unpaired) electrons. The third-order valence-corrected chi connectivity index (χ3v) is 2.63. The third kappa shape index (κ3) is 4.77. The van der Waals surface area contributed by atoms with Gasteiger partial charge in [-0.1, -0.05) is 13.8 Å². The summed E-state index contributed by atoms with van der Waals surface area (Å²) in [6.45, 7) is 10.2. The zero-order valence-electron chi connectivity index (χ0n) is 11.7. The summed E-state index contributed by atoms with van der Waals surface area (Å²) in [7, 11) is 1.72. The molecule has 0 amide bonds. The number of hydrogen-bond acceptors (Lipinski definition) is 3. The lowest BCUT2D eigenvalue weighted by Gasteiger charge is -2.17. The molecule has 4 nitrogen and oxygen atoms in total. The van der Waals surface area contributed by atoms with Crippen LogP contribution >= 0.6 is 0 Å². The molecule has 0 aromatic carbocycles. The highest BCUT2D eigenvalue weighted by Crippen LogP contribution is 2.13. The zero-order valence-corrected chi connectivity index (χ0v) is 11.7. The highest BCUT2D eigenvalue weighted by Gasteiger charge is 2.10. The molecule has 0 saturated carbocycles. The molecule has 0 spiro atoms. The molecule has 1 unspecified atom stereocenters. The van der Waals surface area contributed by atoms with E-state index in [1.807, 2.05) is 6.92 Å². The number of nitrogens with zero attached hydrogens (tertiary/aromatic N) is 2. The number of nitrogens with one attached hydrogen (secondary N) is 1. The van der Waals surface area contributed by atoms with Crippen molar-refractivity contribution in [2.75, 3.05) is 19.0 Å². The summed E-state index contributed by atoms with van der Waals surface area (Å²) in [5.41, 5.74) is 1.04. The molecule has 4 heteroatoms. The summed E-state index contributed by atoms with van der Waals surface area (Å²) in [6, 6.07) is 0.443. The molecule has 0 aliphatic rings. The fourth-order valence-corrected chi connectivity index (χ4v) is 2.01. The highest BCUT2D eigenvalue weighted by molar-refractivity contribution is 5.29. The number of aryl methyl sites for hydroxylation is 1. The van der Waals surface area contributed by atoms with E-state index in [4.69, 9.17) is 4.74 Å². The van der Waals surface area contributed by atoms with Crippen LogP contribution in [0.3, 0.4) is 0 Å². The highest BCUT2D eigenvalue weighted by atomic mass is 16.5. The molecule has 0 fully saturated rings. The molecule has 1 aromatic rings. The summed E-state index contributed by atoms with van der Waals surface area (Å²) < 4.78 is 7.22. The number of hydrogen-bond donors (Lipinski definition) is 1. The Balaban J connectivity index is 2.62. The minimum atomic E-state index is 0.443. The SMILES string of the molecule is COCCn1cc(C)nc1NC(C)CC(C)C. The molecule has 1 atom stereocenters. The maximum atomic E-state index is 5.10. The van der Waals surface area contributed by atoms with E-state index >= 15 is 0 Å². The van der Waals surface area contributed by atoms with Crippen molar-refractivity contribution < 1.29 is 4.74 Å². The van der Waals surface area contributed by atoms with Gasteiger partial charge in [-0.2, -0.15) is 0 Å². The quantitative estimate of drug-likeness (QED) is 0.795. The molecule has 1 heterocycles. The van der Waals surface area contributed by atoms with E-state index in [1.165, 1.54) is 0 Å². The second-order valence-electron chi connectivity index (χ2n) is 5.07. The molecule has 0 bridgehead atoms. The van der Waals surface area contributed by atoms with Crippen LogP contribution in [-0.4, -0.2) is 29.3 Å². The van der Waals surface area contributed by atoms with Gasteiger partial charge >= 0.3 is 0 Å². The predicted octanol–water partition coefficient (Wildman–Crippen LogP) is 2.68. The number of aromatic nitrogens is 2. The smallest absolute Gasteiger partial charge is 0.203 e. The minimum absolute atomic E-state index is 0.443. The van der Waals surface area contributed by atoms with Crippen LogP contribution in [0.25, 0.3) is 0 Å². The lowest BCUT2D eigenvalue weighted by atomic mass is 10.1. The van der Waals surface area contributed by atoms with Crippen LogP contribution in [0.5, 0.6) is 0 Å². The molecule has 0 aliphatic heterocycles. The average molecular weight is 239 g/mol. The standard InChI is InChI=1S/C13H25N3O/c1-10(2)8-11(3)14-13-15-12(4)9-16(13)6-7-17-5/h9-11H,6-8H2,1-5H3,(H,14,15). The second kappa shape index (κ2) is 6.64. The Kier molecular flexibility index (Phi) is 5.48. The van der Waals surface area contributed by atoms with Gasteiger partial charge in [-0.25, -0.2) is 4.98 Å². The van der Waals surface area contributed by atoms with Crippen molar-refractivity contribution in [2.24, 2.45) is 5.92 Å². The summed E-state index contributed by atoms with van der Waals surface area (Å²) in [4.78, 5) is 4.51. The van der Waals surface area contributed by atoms with Gasteiger partial charge in [0.15, 0.2) is 0 Å². The topological polar surface area (TPSA) is 39.1 Å². The van der Waals surface area contributed by atoms with E-state index in [0.29, 0.717) is 18.6 Å². The Morgan fingerprint density at radius 1 is 1.41 bits per heavy atom. The zero-order chi connectivity index (χ0) is 12.8. The van der Waals surface area contributed by atoms with Crippen molar-refractivity contribution in [2.45, 2.75) is 46.7 Å². The van der Waals surface area contributed by atoms with Crippen LogP contribution in [0.1, 0.15) is 32.9 Å².